The summed E-state index contributed by atoms with van der Waals surface area (Å²) < 4.78 is 7.64. The minimum atomic E-state index is -0.0201. The van der Waals surface area contributed by atoms with E-state index in [1.54, 1.807) is 30.3 Å². The third-order valence-electron chi connectivity index (χ3n) is 4.01. The van der Waals surface area contributed by atoms with Crippen LogP contribution in [0.4, 0.5) is 0 Å². The Morgan fingerprint density at radius 3 is 2.67 bits per heavy atom. The molecule has 0 saturated heterocycles. The van der Waals surface area contributed by atoms with Crippen LogP contribution in [0.2, 0.25) is 5.02 Å². The van der Waals surface area contributed by atoms with Gasteiger partial charge in [0.1, 0.15) is 12.4 Å². The number of carbonyl (C=O) groups is 1. The van der Waals surface area contributed by atoms with Crippen molar-refractivity contribution >= 4 is 29.3 Å². The molecule has 2 aromatic rings. The lowest BCUT2D eigenvalue weighted by Crippen LogP contribution is -2.37. The first-order valence-corrected chi connectivity index (χ1v) is 10.1. The summed E-state index contributed by atoms with van der Waals surface area (Å²) in [7, 11) is 0. The maximum absolute atomic E-state index is 12.1. The number of ether oxygens (including phenoxy) is 1. The molecule has 6 nitrogen and oxygen atoms in total. The van der Waals surface area contributed by atoms with Crippen LogP contribution in [-0.2, 0) is 17.9 Å². The predicted octanol–water partition coefficient (Wildman–Crippen LogP) is 3.95. The van der Waals surface area contributed by atoms with Gasteiger partial charge in [0, 0.05) is 17.6 Å². The second-order valence-electron chi connectivity index (χ2n) is 6.43. The Labute approximate surface area is 169 Å². The Morgan fingerprint density at radius 1 is 1.33 bits per heavy atom. The summed E-state index contributed by atoms with van der Waals surface area (Å²) in [6, 6.07) is 7.26. The summed E-state index contributed by atoms with van der Waals surface area (Å²) in [5.41, 5.74) is 0. The van der Waals surface area contributed by atoms with E-state index in [9.17, 15) is 4.79 Å². The van der Waals surface area contributed by atoms with Crippen molar-refractivity contribution < 1.29 is 9.53 Å². The van der Waals surface area contributed by atoms with Crippen molar-refractivity contribution in [2.75, 3.05) is 5.75 Å². The molecule has 1 amide bonds. The molecule has 146 valence electrons. The molecule has 0 radical (unpaired) electrons. The van der Waals surface area contributed by atoms with Crippen LogP contribution in [0, 0.1) is 5.92 Å². The number of amides is 1. The quantitative estimate of drug-likeness (QED) is 0.476. The first-order valence-electron chi connectivity index (χ1n) is 8.74. The topological polar surface area (TPSA) is 69.0 Å². The highest BCUT2D eigenvalue weighted by Gasteiger charge is 2.16. The maximum atomic E-state index is 12.1. The number of nitrogens with one attached hydrogen (secondary N) is 1. The fourth-order valence-corrected chi connectivity index (χ4v) is 3.02. The summed E-state index contributed by atoms with van der Waals surface area (Å²) in [5, 5.41) is 12.7. The normalized spacial score (nSPS) is 12.0. The lowest BCUT2D eigenvalue weighted by Gasteiger charge is -2.17. The van der Waals surface area contributed by atoms with Gasteiger partial charge in [0.05, 0.1) is 5.75 Å². The Morgan fingerprint density at radius 2 is 2.04 bits per heavy atom. The zero-order valence-electron chi connectivity index (χ0n) is 15.8. The van der Waals surface area contributed by atoms with Crippen molar-refractivity contribution in [3.8, 4) is 5.75 Å². The third-order valence-corrected chi connectivity index (χ3v) is 5.23. The average Bonchev–Trinajstić information content (AvgIpc) is 3.01. The first kappa shape index (κ1) is 21.3. The van der Waals surface area contributed by atoms with Crippen LogP contribution in [0.15, 0.2) is 42.1 Å². The van der Waals surface area contributed by atoms with E-state index in [1.807, 2.05) is 11.5 Å². The maximum Gasteiger partial charge on any atom is 0.230 e. The largest absolute Gasteiger partial charge is 0.486 e. The van der Waals surface area contributed by atoms with Crippen molar-refractivity contribution in [2.24, 2.45) is 5.92 Å². The zero-order chi connectivity index (χ0) is 19.8. The van der Waals surface area contributed by atoms with Gasteiger partial charge in [-0.15, -0.1) is 16.8 Å². The number of benzene rings is 1. The van der Waals surface area contributed by atoms with E-state index in [2.05, 4.69) is 35.9 Å². The SMILES string of the molecule is C=CCn1c(COc2ccc(Cl)cc2)nnc1SCC(=O)NC(C)C(C)C. The van der Waals surface area contributed by atoms with Gasteiger partial charge in [0.25, 0.3) is 0 Å². The number of allylic oxidation sites excluding steroid dienone is 1. The predicted molar refractivity (Wildman–Crippen MR) is 109 cm³/mol. The van der Waals surface area contributed by atoms with Gasteiger partial charge in [0.2, 0.25) is 5.91 Å². The van der Waals surface area contributed by atoms with Crippen molar-refractivity contribution in [3.05, 3.63) is 47.8 Å². The molecule has 27 heavy (non-hydrogen) atoms. The molecule has 0 aliphatic carbocycles. The van der Waals surface area contributed by atoms with Crippen LogP contribution in [0.1, 0.15) is 26.6 Å². The van der Waals surface area contributed by atoms with E-state index in [-0.39, 0.29) is 24.3 Å². The number of halogens is 1. The lowest BCUT2D eigenvalue weighted by molar-refractivity contribution is -0.119. The van der Waals surface area contributed by atoms with Gasteiger partial charge in [-0.25, -0.2) is 0 Å². The molecule has 0 aliphatic heterocycles. The smallest absolute Gasteiger partial charge is 0.230 e. The number of aromatic nitrogens is 3. The number of rotatable bonds is 10. The molecule has 8 heteroatoms. The molecule has 0 fully saturated rings. The highest BCUT2D eigenvalue weighted by molar-refractivity contribution is 7.99. The summed E-state index contributed by atoms with van der Waals surface area (Å²) in [6.07, 6.45) is 1.76. The molecule has 1 atom stereocenters. The summed E-state index contributed by atoms with van der Waals surface area (Å²) in [6.45, 7) is 10.7. The fraction of sp³-hybridized carbons (Fsp3) is 0.421. The van der Waals surface area contributed by atoms with Gasteiger partial charge in [-0.1, -0.05) is 43.3 Å². The number of nitrogens with zero attached hydrogens (tertiary/aromatic N) is 3. The standard InChI is InChI=1S/C19H25ClN4O2S/c1-5-10-24-17(11-26-16-8-6-15(20)7-9-16)22-23-19(24)27-12-18(25)21-14(4)13(2)3/h5-9,13-14H,1,10-12H2,2-4H3,(H,21,25). The number of thioether (sulfide) groups is 1. The van der Waals surface area contributed by atoms with Crippen molar-refractivity contribution in [1.29, 1.82) is 0 Å². The van der Waals surface area contributed by atoms with Gasteiger partial charge >= 0.3 is 0 Å². The van der Waals surface area contributed by atoms with Crippen LogP contribution >= 0.6 is 23.4 Å². The minimum Gasteiger partial charge on any atom is -0.486 e. The summed E-state index contributed by atoms with van der Waals surface area (Å²) in [5.74, 6) is 2.02. The molecule has 0 bridgehead atoms. The Hall–Kier alpha value is -1.99. The van der Waals surface area contributed by atoms with E-state index in [0.717, 1.165) is 0 Å². The molecule has 0 spiro atoms. The van der Waals surface area contributed by atoms with Gasteiger partial charge < -0.3 is 10.1 Å². The second kappa shape index (κ2) is 10.4. The third kappa shape index (κ3) is 6.59. The van der Waals surface area contributed by atoms with E-state index >= 15 is 0 Å². The van der Waals surface area contributed by atoms with Crippen LogP contribution < -0.4 is 10.1 Å². The molecule has 1 N–H and O–H groups in total. The van der Waals surface area contributed by atoms with Crippen LogP contribution in [0.5, 0.6) is 5.75 Å². The summed E-state index contributed by atoms with van der Waals surface area (Å²) in [4.78, 5) is 12.1. The Balaban J connectivity index is 1.97. The second-order valence-corrected chi connectivity index (χ2v) is 7.81. The molecule has 2 rings (SSSR count). The molecule has 0 aliphatic rings. The number of hydrogen-bond acceptors (Lipinski definition) is 5. The van der Waals surface area contributed by atoms with Gasteiger partial charge in [0.15, 0.2) is 11.0 Å². The van der Waals surface area contributed by atoms with Crippen LogP contribution in [0.3, 0.4) is 0 Å². The van der Waals surface area contributed by atoms with Crippen LogP contribution in [0.25, 0.3) is 0 Å². The molecular formula is C19H25ClN4O2S. The minimum absolute atomic E-state index is 0.0201. The lowest BCUT2D eigenvalue weighted by atomic mass is 10.1. The Kier molecular flexibility index (Phi) is 8.19. The molecule has 1 heterocycles. The summed E-state index contributed by atoms with van der Waals surface area (Å²) >= 11 is 7.23. The molecule has 0 saturated carbocycles. The van der Waals surface area contributed by atoms with Gasteiger partial charge in [-0.2, -0.15) is 0 Å². The van der Waals surface area contributed by atoms with E-state index < -0.39 is 0 Å². The van der Waals surface area contributed by atoms with Crippen molar-refractivity contribution in [1.82, 2.24) is 20.1 Å². The van der Waals surface area contributed by atoms with E-state index in [0.29, 0.717) is 34.2 Å². The highest BCUT2D eigenvalue weighted by Crippen LogP contribution is 2.20. The Bertz CT molecular complexity index is 762. The fourth-order valence-electron chi connectivity index (χ4n) is 2.12. The van der Waals surface area contributed by atoms with E-state index in [1.165, 1.54) is 11.8 Å². The van der Waals surface area contributed by atoms with Crippen molar-refractivity contribution in [3.63, 3.8) is 0 Å². The highest BCUT2D eigenvalue weighted by atomic mass is 35.5. The zero-order valence-corrected chi connectivity index (χ0v) is 17.4. The van der Waals surface area contributed by atoms with Gasteiger partial charge in [-0.05, 0) is 37.1 Å². The van der Waals surface area contributed by atoms with Crippen LogP contribution in [-0.4, -0.2) is 32.5 Å². The average molecular weight is 409 g/mol. The molecular weight excluding hydrogens is 384 g/mol. The number of carbonyl (C=O) groups excluding carboxylic acids is 1. The number of hydrogen-bond donors (Lipinski definition) is 1. The van der Waals surface area contributed by atoms with Gasteiger partial charge in [-0.3, -0.25) is 9.36 Å². The van der Waals surface area contributed by atoms with E-state index in [4.69, 9.17) is 16.3 Å². The molecule has 1 unspecified atom stereocenters. The molecule has 1 aromatic heterocycles. The monoisotopic (exact) mass is 408 g/mol. The molecule has 1 aromatic carbocycles. The first-order chi connectivity index (χ1) is 12.9. The van der Waals surface area contributed by atoms with Crippen molar-refractivity contribution in [2.45, 2.75) is 45.1 Å².